The van der Waals surface area contributed by atoms with Gasteiger partial charge < -0.3 is 10.2 Å². The van der Waals surface area contributed by atoms with Crippen molar-refractivity contribution < 1.29 is 9.63 Å². The van der Waals surface area contributed by atoms with Gasteiger partial charge >= 0.3 is 0 Å². The van der Waals surface area contributed by atoms with Crippen molar-refractivity contribution in [1.29, 1.82) is 0 Å². The van der Waals surface area contributed by atoms with E-state index in [0.29, 0.717) is 10.0 Å². The van der Waals surface area contributed by atoms with Crippen LogP contribution in [0.25, 0.3) is 0 Å². The number of para-hydroxylation sites is 1. The lowest BCUT2D eigenvalue weighted by Gasteiger charge is -2.03. The number of anilines is 1. The van der Waals surface area contributed by atoms with Gasteiger partial charge in [0.25, 0.3) is 0 Å². The quantitative estimate of drug-likeness (QED) is 0.622. The number of benzene rings is 2. The first-order valence-electron chi connectivity index (χ1n) is 6.58. The fourth-order valence-electron chi connectivity index (χ4n) is 1.65. The fourth-order valence-corrected chi connectivity index (χ4v) is 2.11. The van der Waals surface area contributed by atoms with Gasteiger partial charge in [-0.25, -0.2) is 0 Å². The van der Waals surface area contributed by atoms with Crippen molar-refractivity contribution in [3.05, 3.63) is 64.1 Å². The number of oxime groups is 1. The van der Waals surface area contributed by atoms with Crippen LogP contribution in [0.4, 0.5) is 5.69 Å². The maximum absolute atomic E-state index is 11.6. The molecular formula is C16H14Cl2N2O2. The third kappa shape index (κ3) is 5.39. The Labute approximate surface area is 138 Å². The van der Waals surface area contributed by atoms with Crippen molar-refractivity contribution in [1.82, 2.24) is 0 Å². The van der Waals surface area contributed by atoms with E-state index in [1.54, 1.807) is 18.2 Å². The van der Waals surface area contributed by atoms with Gasteiger partial charge in [0.1, 0.15) is 6.61 Å². The SMILES string of the molecule is O=C(CC=NOCc1ccc(Cl)cc1Cl)Nc1ccccc1. The van der Waals surface area contributed by atoms with Crippen LogP contribution in [-0.4, -0.2) is 12.1 Å². The minimum Gasteiger partial charge on any atom is -0.391 e. The standard InChI is InChI=1S/C16H14Cl2N2O2/c17-13-7-6-12(15(18)10-13)11-22-19-9-8-16(21)20-14-4-2-1-3-5-14/h1-7,9-10H,8,11H2,(H,20,21). The molecule has 0 fully saturated rings. The highest BCUT2D eigenvalue weighted by Crippen LogP contribution is 2.21. The molecule has 0 aliphatic carbocycles. The van der Waals surface area contributed by atoms with E-state index in [4.69, 9.17) is 28.0 Å². The molecule has 0 unspecified atom stereocenters. The van der Waals surface area contributed by atoms with E-state index < -0.39 is 0 Å². The summed E-state index contributed by atoms with van der Waals surface area (Å²) in [6, 6.07) is 14.3. The summed E-state index contributed by atoms with van der Waals surface area (Å²) < 4.78 is 0. The summed E-state index contributed by atoms with van der Waals surface area (Å²) in [6.07, 6.45) is 1.53. The Morgan fingerprint density at radius 3 is 2.68 bits per heavy atom. The second kappa shape index (κ2) is 8.41. The second-order valence-electron chi connectivity index (χ2n) is 4.42. The minimum atomic E-state index is -0.164. The van der Waals surface area contributed by atoms with Crippen LogP contribution in [0, 0.1) is 0 Å². The van der Waals surface area contributed by atoms with Gasteiger partial charge in [0.15, 0.2) is 0 Å². The van der Waals surface area contributed by atoms with Crippen LogP contribution in [0.3, 0.4) is 0 Å². The normalized spacial score (nSPS) is 10.6. The van der Waals surface area contributed by atoms with Gasteiger partial charge in [-0.2, -0.15) is 0 Å². The summed E-state index contributed by atoms with van der Waals surface area (Å²) in [7, 11) is 0. The van der Waals surface area contributed by atoms with Crippen LogP contribution in [0.2, 0.25) is 10.0 Å². The van der Waals surface area contributed by atoms with Gasteiger partial charge in [-0.3, -0.25) is 4.79 Å². The highest BCUT2D eigenvalue weighted by atomic mass is 35.5. The van der Waals surface area contributed by atoms with E-state index in [1.807, 2.05) is 30.3 Å². The minimum absolute atomic E-state index is 0.128. The molecule has 1 amide bonds. The molecule has 2 aromatic rings. The predicted octanol–water partition coefficient (Wildman–Crippen LogP) is 4.52. The van der Waals surface area contributed by atoms with E-state index in [1.165, 1.54) is 6.21 Å². The van der Waals surface area contributed by atoms with Crippen molar-refractivity contribution in [2.45, 2.75) is 13.0 Å². The van der Waals surface area contributed by atoms with Gasteiger partial charge in [-0.15, -0.1) is 0 Å². The van der Waals surface area contributed by atoms with Crippen molar-refractivity contribution >= 4 is 41.0 Å². The van der Waals surface area contributed by atoms with Crippen molar-refractivity contribution in [3.8, 4) is 0 Å². The molecule has 1 N–H and O–H groups in total. The van der Waals surface area contributed by atoms with E-state index in [0.717, 1.165) is 11.3 Å². The van der Waals surface area contributed by atoms with Gasteiger partial charge in [0.2, 0.25) is 5.91 Å². The van der Waals surface area contributed by atoms with Gasteiger partial charge in [-0.05, 0) is 24.3 Å². The van der Waals surface area contributed by atoms with Gasteiger partial charge in [0.05, 0.1) is 12.6 Å². The van der Waals surface area contributed by atoms with Crippen LogP contribution in [0.1, 0.15) is 12.0 Å². The molecule has 0 aliphatic heterocycles. The van der Waals surface area contributed by atoms with Crippen LogP contribution < -0.4 is 5.32 Å². The second-order valence-corrected chi connectivity index (χ2v) is 5.26. The molecule has 2 rings (SSSR count). The Morgan fingerprint density at radius 1 is 1.18 bits per heavy atom. The van der Waals surface area contributed by atoms with Crippen LogP contribution in [0.5, 0.6) is 0 Å². The maximum atomic E-state index is 11.6. The molecule has 114 valence electrons. The molecule has 2 aromatic carbocycles. The lowest BCUT2D eigenvalue weighted by Crippen LogP contribution is -2.11. The predicted molar refractivity (Wildman–Crippen MR) is 89.4 cm³/mol. The van der Waals surface area contributed by atoms with Crippen LogP contribution >= 0.6 is 23.2 Å². The monoisotopic (exact) mass is 336 g/mol. The Morgan fingerprint density at radius 2 is 1.95 bits per heavy atom. The molecule has 22 heavy (non-hydrogen) atoms. The summed E-state index contributed by atoms with van der Waals surface area (Å²) in [5, 5.41) is 7.56. The zero-order valence-corrected chi connectivity index (χ0v) is 13.1. The first kappa shape index (κ1) is 16.3. The topological polar surface area (TPSA) is 50.7 Å². The lowest BCUT2D eigenvalue weighted by molar-refractivity contribution is -0.115. The summed E-state index contributed by atoms with van der Waals surface area (Å²) in [5.74, 6) is -0.164. The fraction of sp³-hybridized carbons (Fsp3) is 0.125. The zero-order chi connectivity index (χ0) is 15.8. The molecule has 0 radical (unpaired) electrons. The highest BCUT2D eigenvalue weighted by molar-refractivity contribution is 6.35. The average Bonchev–Trinajstić information content (AvgIpc) is 2.50. The van der Waals surface area contributed by atoms with Crippen LogP contribution in [-0.2, 0) is 16.2 Å². The molecule has 0 aromatic heterocycles. The molecule has 6 heteroatoms. The van der Waals surface area contributed by atoms with Gasteiger partial charge in [-0.1, -0.05) is 52.6 Å². The van der Waals surface area contributed by atoms with Crippen LogP contribution in [0.15, 0.2) is 53.7 Å². The van der Waals surface area contributed by atoms with Crippen molar-refractivity contribution in [2.75, 3.05) is 5.32 Å². The number of hydrogen-bond acceptors (Lipinski definition) is 3. The summed E-state index contributed by atoms with van der Waals surface area (Å²) in [6.45, 7) is 0.215. The number of amides is 1. The number of carbonyl (C=O) groups excluding carboxylic acids is 1. The number of hydrogen-bond donors (Lipinski definition) is 1. The number of halogens is 2. The molecule has 0 bridgehead atoms. The molecule has 4 nitrogen and oxygen atoms in total. The molecule has 0 spiro atoms. The van der Waals surface area contributed by atoms with E-state index in [2.05, 4.69) is 10.5 Å². The van der Waals surface area contributed by atoms with E-state index >= 15 is 0 Å². The summed E-state index contributed by atoms with van der Waals surface area (Å²) >= 11 is 11.8. The Kier molecular flexibility index (Phi) is 6.25. The van der Waals surface area contributed by atoms with Gasteiger partial charge in [0, 0.05) is 21.3 Å². The first-order valence-corrected chi connectivity index (χ1v) is 7.33. The molecular weight excluding hydrogens is 323 g/mol. The van der Waals surface area contributed by atoms with E-state index in [9.17, 15) is 4.79 Å². The molecule has 0 saturated carbocycles. The Hall–Kier alpha value is -2.04. The molecule has 0 atom stereocenters. The van der Waals surface area contributed by atoms with E-state index in [-0.39, 0.29) is 18.9 Å². The number of nitrogens with one attached hydrogen (secondary N) is 1. The largest absolute Gasteiger partial charge is 0.391 e. The molecule has 0 heterocycles. The highest BCUT2D eigenvalue weighted by Gasteiger charge is 2.02. The number of rotatable bonds is 6. The number of carbonyl (C=O) groups is 1. The zero-order valence-electron chi connectivity index (χ0n) is 11.6. The van der Waals surface area contributed by atoms with Crippen molar-refractivity contribution in [3.63, 3.8) is 0 Å². The van der Waals surface area contributed by atoms with Crippen molar-refractivity contribution in [2.24, 2.45) is 5.16 Å². The third-order valence-electron chi connectivity index (χ3n) is 2.72. The Bertz CT molecular complexity index is 660. The smallest absolute Gasteiger partial charge is 0.229 e. The molecule has 0 saturated heterocycles. The first-order chi connectivity index (χ1) is 10.6. The summed E-state index contributed by atoms with van der Waals surface area (Å²) in [4.78, 5) is 16.7. The Balaban J connectivity index is 1.73. The maximum Gasteiger partial charge on any atom is 0.229 e. The molecule has 0 aliphatic rings. The average molecular weight is 337 g/mol. The summed E-state index contributed by atoms with van der Waals surface area (Å²) in [5.41, 5.74) is 1.52. The number of nitrogens with zero attached hydrogens (tertiary/aromatic N) is 1. The third-order valence-corrected chi connectivity index (χ3v) is 3.31. The lowest BCUT2D eigenvalue weighted by atomic mass is 10.2.